The van der Waals surface area contributed by atoms with Gasteiger partial charge in [0, 0.05) is 6.04 Å². The van der Waals surface area contributed by atoms with E-state index in [1.165, 1.54) is 11.1 Å². The van der Waals surface area contributed by atoms with E-state index in [9.17, 15) is 5.11 Å². The van der Waals surface area contributed by atoms with Crippen molar-refractivity contribution in [2.45, 2.75) is 44.9 Å². The van der Waals surface area contributed by atoms with Crippen LogP contribution < -0.4 is 10.5 Å². The molecule has 19 heavy (non-hydrogen) atoms. The van der Waals surface area contributed by atoms with Crippen LogP contribution in [0.2, 0.25) is 0 Å². The minimum absolute atomic E-state index is 0.121. The molecule has 4 nitrogen and oxygen atoms in total. The van der Waals surface area contributed by atoms with Crippen LogP contribution in [-0.4, -0.2) is 30.5 Å². The lowest BCUT2D eigenvalue weighted by molar-refractivity contribution is -0.0122. The van der Waals surface area contributed by atoms with Crippen LogP contribution >= 0.6 is 0 Å². The van der Waals surface area contributed by atoms with Gasteiger partial charge in [0.2, 0.25) is 0 Å². The number of aryl methyl sites for hydroxylation is 1. The largest absolute Gasteiger partial charge is 0.491 e. The van der Waals surface area contributed by atoms with Gasteiger partial charge in [-0.05, 0) is 49.9 Å². The first-order valence-corrected chi connectivity index (χ1v) is 6.87. The molecular formula is C15H23NO3. The Morgan fingerprint density at radius 1 is 1.37 bits per heavy atom. The first-order valence-electron chi connectivity index (χ1n) is 6.87. The number of benzene rings is 1. The summed E-state index contributed by atoms with van der Waals surface area (Å²) >= 11 is 0. The standard InChI is InChI=1S/C15H23NO3/c1-10(2)18-8-12(17)9-19-13-4-5-14-11(7-13)3-6-15(14)16/h4-5,7,10,12,15,17H,3,6,8-9,16H2,1-2H3/t12?,15-/m1/s1. The summed E-state index contributed by atoms with van der Waals surface area (Å²) in [6.07, 6.45) is 1.53. The average molecular weight is 265 g/mol. The molecule has 0 radical (unpaired) electrons. The summed E-state index contributed by atoms with van der Waals surface area (Å²) in [5.74, 6) is 0.788. The van der Waals surface area contributed by atoms with E-state index in [2.05, 4.69) is 0 Å². The fourth-order valence-corrected chi connectivity index (χ4v) is 2.26. The van der Waals surface area contributed by atoms with Crippen molar-refractivity contribution in [1.82, 2.24) is 0 Å². The second-order valence-electron chi connectivity index (χ2n) is 5.35. The summed E-state index contributed by atoms with van der Waals surface area (Å²) in [6, 6.07) is 6.13. The molecular weight excluding hydrogens is 242 g/mol. The number of aliphatic hydroxyl groups is 1. The van der Waals surface area contributed by atoms with Crippen molar-refractivity contribution in [2.75, 3.05) is 13.2 Å². The Hall–Kier alpha value is -1.10. The summed E-state index contributed by atoms with van der Waals surface area (Å²) in [7, 11) is 0. The average Bonchev–Trinajstić information content (AvgIpc) is 2.75. The molecule has 1 unspecified atom stereocenters. The van der Waals surface area contributed by atoms with Crippen molar-refractivity contribution in [3.8, 4) is 5.75 Å². The van der Waals surface area contributed by atoms with Crippen molar-refractivity contribution in [2.24, 2.45) is 5.73 Å². The zero-order valence-electron chi connectivity index (χ0n) is 11.6. The molecule has 0 aromatic heterocycles. The molecule has 1 aliphatic rings. The number of ether oxygens (including phenoxy) is 2. The molecule has 2 atom stereocenters. The smallest absolute Gasteiger partial charge is 0.119 e. The Morgan fingerprint density at radius 2 is 2.16 bits per heavy atom. The zero-order chi connectivity index (χ0) is 13.8. The molecule has 4 heteroatoms. The number of hydrogen-bond acceptors (Lipinski definition) is 4. The van der Waals surface area contributed by atoms with Crippen LogP contribution in [0.25, 0.3) is 0 Å². The molecule has 2 rings (SSSR count). The van der Waals surface area contributed by atoms with E-state index >= 15 is 0 Å². The monoisotopic (exact) mass is 265 g/mol. The number of fused-ring (bicyclic) bond motifs is 1. The highest BCUT2D eigenvalue weighted by Crippen LogP contribution is 2.31. The first-order chi connectivity index (χ1) is 9.06. The minimum atomic E-state index is -0.599. The summed E-state index contributed by atoms with van der Waals surface area (Å²) < 4.78 is 10.9. The minimum Gasteiger partial charge on any atom is -0.491 e. The molecule has 1 aromatic carbocycles. The van der Waals surface area contributed by atoms with E-state index < -0.39 is 6.10 Å². The fourth-order valence-electron chi connectivity index (χ4n) is 2.26. The van der Waals surface area contributed by atoms with Crippen molar-refractivity contribution < 1.29 is 14.6 Å². The van der Waals surface area contributed by atoms with Gasteiger partial charge >= 0.3 is 0 Å². The van der Waals surface area contributed by atoms with Crippen LogP contribution in [0.5, 0.6) is 5.75 Å². The molecule has 0 saturated heterocycles. The Bertz CT molecular complexity index is 420. The van der Waals surface area contributed by atoms with Gasteiger partial charge in [-0.2, -0.15) is 0 Å². The summed E-state index contributed by atoms with van der Waals surface area (Å²) in [6.45, 7) is 4.43. The number of aliphatic hydroxyl groups excluding tert-OH is 1. The van der Waals surface area contributed by atoms with Crippen molar-refractivity contribution in [3.63, 3.8) is 0 Å². The maximum atomic E-state index is 9.72. The Kier molecular flexibility index (Phi) is 4.80. The molecule has 1 aromatic rings. The highest BCUT2D eigenvalue weighted by Gasteiger charge is 2.19. The van der Waals surface area contributed by atoms with Crippen molar-refractivity contribution in [1.29, 1.82) is 0 Å². The summed E-state index contributed by atoms with van der Waals surface area (Å²) in [4.78, 5) is 0. The van der Waals surface area contributed by atoms with Gasteiger partial charge in [-0.15, -0.1) is 0 Å². The SMILES string of the molecule is CC(C)OCC(O)COc1ccc2c(c1)CC[C@H]2N. The normalized spacial score (nSPS) is 19.5. The summed E-state index contributed by atoms with van der Waals surface area (Å²) in [5, 5.41) is 9.72. The topological polar surface area (TPSA) is 64.7 Å². The van der Waals surface area contributed by atoms with Gasteiger partial charge < -0.3 is 20.3 Å². The number of nitrogens with two attached hydrogens (primary N) is 1. The van der Waals surface area contributed by atoms with Gasteiger partial charge in [0.1, 0.15) is 18.5 Å². The van der Waals surface area contributed by atoms with Gasteiger partial charge in [-0.3, -0.25) is 0 Å². The Balaban J connectivity index is 1.83. The molecule has 0 aliphatic heterocycles. The third-order valence-electron chi connectivity index (χ3n) is 3.30. The molecule has 0 saturated carbocycles. The zero-order valence-corrected chi connectivity index (χ0v) is 11.6. The number of hydrogen-bond donors (Lipinski definition) is 2. The number of rotatable bonds is 6. The molecule has 0 bridgehead atoms. The third-order valence-corrected chi connectivity index (χ3v) is 3.30. The molecule has 0 fully saturated rings. The van der Waals surface area contributed by atoms with E-state index in [-0.39, 0.29) is 18.8 Å². The molecule has 0 heterocycles. The summed E-state index contributed by atoms with van der Waals surface area (Å²) in [5.41, 5.74) is 8.47. The lowest BCUT2D eigenvalue weighted by Crippen LogP contribution is -2.25. The van der Waals surface area contributed by atoms with Crippen LogP contribution in [0.3, 0.4) is 0 Å². The van der Waals surface area contributed by atoms with Crippen molar-refractivity contribution >= 4 is 0 Å². The molecule has 0 amide bonds. The molecule has 106 valence electrons. The van der Waals surface area contributed by atoms with E-state index in [1.807, 2.05) is 32.0 Å². The van der Waals surface area contributed by atoms with Gasteiger partial charge in [-0.1, -0.05) is 6.07 Å². The second kappa shape index (κ2) is 6.37. The predicted octanol–water partition coefficient (Wildman–Crippen LogP) is 1.80. The molecule has 3 N–H and O–H groups in total. The van der Waals surface area contributed by atoms with E-state index in [0.717, 1.165) is 18.6 Å². The van der Waals surface area contributed by atoms with Gasteiger partial charge in [-0.25, -0.2) is 0 Å². The van der Waals surface area contributed by atoms with Crippen LogP contribution in [0.4, 0.5) is 0 Å². The second-order valence-corrected chi connectivity index (χ2v) is 5.35. The van der Waals surface area contributed by atoms with Gasteiger partial charge in [0.05, 0.1) is 12.7 Å². The lowest BCUT2D eigenvalue weighted by Gasteiger charge is -2.15. The van der Waals surface area contributed by atoms with Gasteiger partial charge in [0.25, 0.3) is 0 Å². The van der Waals surface area contributed by atoms with E-state index in [0.29, 0.717) is 6.61 Å². The van der Waals surface area contributed by atoms with E-state index in [4.69, 9.17) is 15.2 Å². The predicted molar refractivity (Wildman–Crippen MR) is 74.3 cm³/mol. The van der Waals surface area contributed by atoms with Crippen LogP contribution in [-0.2, 0) is 11.2 Å². The first kappa shape index (κ1) is 14.3. The van der Waals surface area contributed by atoms with Crippen LogP contribution in [0.1, 0.15) is 37.4 Å². The van der Waals surface area contributed by atoms with Crippen molar-refractivity contribution in [3.05, 3.63) is 29.3 Å². The molecule has 0 spiro atoms. The van der Waals surface area contributed by atoms with E-state index in [1.54, 1.807) is 0 Å². The van der Waals surface area contributed by atoms with Crippen LogP contribution in [0.15, 0.2) is 18.2 Å². The maximum Gasteiger partial charge on any atom is 0.119 e. The maximum absolute atomic E-state index is 9.72. The quantitative estimate of drug-likeness (QED) is 0.823. The fraction of sp³-hybridized carbons (Fsp3) is 0.600. The highest BCUT2D eigenvalue weighted by atomic mass is 16.5. The Labute approximate surface area is 114 Å². The van der Waals surface area contributed by atoms with Crippen LogP contribution in [0, 0.1) is 0 Å². The third kappa shape index (κ3) is 3.93. The molecule has 1 aliphatic carbocycles. The lowest BCUT2D eigenvalue weighted by atomic mass is 10.1. The Morgan fingerprint density at radius 3 is 2.89 bits per heavy atom. The highest BCUT2D eigenvalue weighted by molar-refractivity contribution is 5.40. The van der Waals surface area contributed by atoms with Gasteiger partial charge in [0.15, 0.2) is 0 Å².